The molecule has 4 aromatic rings. The Kier molecular flexibility index (Phi) is 8.15. The Hall–Kier alpha value is -1.39. The Bertz CT molecular complexity index is 887. The van der Waals surface area contributed by atoms with E-state index in [2.05, 4.69) is 89.9 Å². The van der Waals surface area contributed by atoms with E-state index in [-0.39, 0.29) is 15.9 Å². The molecule has 0 saturated carbocycles. The zero-order valence-electron chi connectivity index (χ0n) is 14.4. The molecule has 0 N–H and O–H groups in total. The Morgan fingerprint density at radius 2 is 1.15 bits per heavy atom. The molecule has 0 saturated heterocycles. The fourth-order valence-electron chi connectivity index (χ4n) is 3.01. The fourth-order valence-corrected chi connectivity index (χ4v) is 5.56. The monoisotopic (exact) mass is 503 g/mol. The van der Waals surface area contributed by atoms with Gasteiger partial charge in [0.25, 0.3) is 0 Å². The third-order valence-corrected chi connectivity index (χ3v) is 6.78. The molecule has 1 nitrogen and oxygen atoms in total. The van der Waals surface area contributed by atoms with Gasteiger partial charge in [0.2, 0.25) is 0 Å². The standard InChI is InChI=1S/C22H18NP.2ClH.Pd/c1-3-9-18(10-4-1)21-14-15-22(19-11-5-2-6-12-19)24(21)17-20-13-7-8-16-23-20;;;/h1-16H,17H2;2*1H;/q;;;+2/p-2. The van der Waals surface area contributed by atoms with Crippen molar-refractivity contribution >= 4 is 26.6 Å². The van der Waals surface area contributed by atoms with Crippen LogP contribution >= 0.6 is 26.6 Å². The van der Waals surface area contributed by atoms with Crippen molar-refractivity contribution in [3.05, 3.63) is 103 Å². The molecule has 0 radical (unpaired) electrons. The maximum Gasteiger partial charge on any atom is 0.0483 e. The Morgan fingerprint density at radius 3 is 1.59 bits per heavy atom. The van der Waals surface area contributed by atoms with Crippen molar-refractivity contribution in [1.29, 1.82) is 0 Å². The van der Waals surface area contributed by atoms with Crippen LogP contribution < -0.4 is 0 Å². The van der Waals surface area contributed by atoms with Crippen LogP contribution in [0.1, 0.15) is 5.69 Å². The quantitative estimate of drug-likeness (QED) is 0.258. The van der Waals surface area contributed by atoms with Crippen LogP contribution in [-0.4, -0.2) is 4.98 Å². The molecule has 0 aliphatic carbocycles. The van der Waals surface area contributed by atoms with E-state index in [0.29, 0.717) is 0 Å². The summed E-state index contributed by atoms with van der Waals surface area (Å²) in [6.45, 7) is 0. The van der Waals surface area contributed by atoms with Crippen LogP contribution in [-0.2, 0) is 22.1 Å². The number of benzene rings is 2. The number of aromatic nitrogens is 1. The predicted molar refractivity (Wildman–Crippen MR) is 115 cm³/mol. The first kappa shape index (κ1) is 20.3. The second-order valence-electron chi connectivity index (χ2n) is 5.79. The van der Waals surface area contributed by atoms with Crippen molar-refractivity contribution in [3.63, 3.8) is 0 Å². The normalized spacial score (nSPS) is 10.3. The van der Waals surface area contributed by atoms with Crippen molar-refractivity contribution in [1.82, 2.24) is 4.98 Å². The maximum atomic E-state index is 4.81. The summed E-state index contributed by atoms with van der Waals surface area (Å²) in [5.41, 5.74) is 3.80. The molecule has 2 heterocycles. The first-order valence-corrected chi connectivity index (χ1v) is 13.9. The van der Waals surface area contributed by atoms with E-state index >= 15 is 0 Å². The minimum absolute atomic E-state index is 0.106. The van der Waals surface area contributed by atoms with Crippen LogP contribution in [0, 0.1) is 0 Å². The average molecular weight is 505 g/mol. The Morgan fingerprint density at radius 1 is 0.667 bits per heavy atom. The molecular formula is C22H18Cl2NPPd. The number of halogens is 2. The van der Waals surface area contributed by atoms with E-state index in [1.54, 1.807) is 0 Å². The second kappa shape index (κ2) is 10.8. The molecular weight excluding hydrogens is 487 g/mol. The van der Waals surface area contributed by atoms with Gasteiger partial charge in [0.1, 0.15) is 0 Å². The molecule has 0 amide bonds. The summed E-state index contributed by atoms with van der Waals surface area (Å²) in [5, 5.41) is 2.88. The summed E-state index contributed by atoms with van der Waals surface area (Å²) < 4.78 is 0. The van der Waals surface area contributed by atoms with Crippen LogP contribution in [0.2, 0.25) is 0 Å². The fraction of sp³-hybridized carbons (Fsp3) is 0.0455. The van der Waals surface area contributed by atoms with Crippen LogP contribution in [0.25, 0.3) is 21.7 Å². The smallest absolute Gasteiger partial charge is 0.0483 e. The number of rotatable bonds is 4. The second-order valence-corrected chi connectivity index (χ2v) is 10.3. The first-order valence-electron chi connectivity index (χ1n) is 8.36. The topological polar surface area (TPSA) is 12.9 Å². The summed E-state index contributed by atoms with van der Waals surface area (Å²) in [6, 6.07) is 32.2. The molecule has 0 aliphatic heterocycles. The number of hydrogen-bond donors (Lipinski definition) is 0. The number of hydrogen-bond acceptors (Lipinski definition) is 1. The molecule has 0 spiro atoms. The molecule has 140 valence electrons. The molecule has 2 aromatic carbocycles. The molecule has 0 aliphatic rings. The van der Waals surface area contributed by atoms with Gasteiger partial charge in [-0.15, -0.1) is 7.53 Å². The van der Waals surface area contributed by atoms with E-state index in [9.17, 15) is 0 Å². The van der Waals surface area contributed by atoms with Crippen molar-refractivity contribution in [3.8, 4) is 21.7 Å². The van der Waals surface area contributed by atoms with Gasteiger partial charge in [-0.2, -0.15) is 0 Å². The SMILES string of the molecule is [Cl][Pd][Cl].c1ccc(-c2ccc(-c3ccccc3)p2Cc2ccccn2)cc1. The third kappa shape index (κ3) is 5.55. The van der Waals surface area contributed by atoms with Gasteiger partial charge in [0.15, 0.2) is 0 Å². The van der Waals surface area contributed by atoms with Crippen molar-refractivity contribution in [2.24, 2.45) is 0 Å². The molecule has 5 heteroatoms. The molecule has 27 heavy (non-hydrogen) atoms. The third-order valence-electron chi connectivity index (χ3n) is 4.17. The largest absolute Gasteiger partial charge is 0.261 e. The molecule has 0 unspecified atom stereocenters. The van der Waals surface area contributed by atoms with Gasteiger partial charge in [-0.1, -0.05) is 66.7 Å². The van der Waals surface area contributed by atoms with Gasteiger partial charge in [0.05, 0.1) is 0 Å². The van der Waals surface area contributed by atoms with E-state index < -0.39 is 7.53 Å². The van der Waals surface area contributed by atoms with Gasteiger partial charge in [-0.25, -0.2) is 0 Å². The van der Waals surface area contributed by atoms with Gasteiger partial charge in [-0.05, 0) is 35.4 Å². The minimum Gasteiger partial charge on any atom is -0.261 e. The zero-order chi connectivity index (χ0) is 18.9. The van der Waals surface area contributed by atoms with Gasteiger partial charge in [-0.3, -0.25) is 4.98 Å². The zero-order valence-corrected chi connectivity index (χ0v) is 18.4. The molecule has 0 fully saturated rings. The van der Waals surface area contributed by atoms with E-state index in [1.165, 1.54) is 21.7 Å². The van der Waals surface area contributed by atoms with E-state index in [0.717, 1.165) is 11.9 Å². The van der Waals surface area contributed by atoms with E-state index in [1.807, 2.05) is 12.3 Å². The summed E-state index contributed by atoms with van der Waals surface area (Å²) in [5.74, 6) is 0. The van der Waals surface area contributed by atoms with Crippen LogP contribution in [0.5, 0.6) is 0 Å². The average Bonchev–Trinajstić information content (AvgIpc) is 3.14. The molecule has 0 bridgehead atoms. The number of pyridine rings is 1. The number of nitrogens with zero attached hydrogens (tertiary/aromatic N) is 1. The summed E-state index contributed by atoms with van der Waals surface area (Å²) in [7, 11) is 9.19. The van der Waals surface area contributed by atoms with Crippen molar-refractivity contribution < 1.29 is 15.9 Å². The molecule has 0 atom stereocenters. The maximum absolute atomic E-state index is 4.81. The van der Waals surface area contributed by atoms with Gasteiger partial charge in [0, 0.05) is 28.6 Å². The Balaban J connectivity index is 0.000000659. The van der Waals surface area contributed by atoms with Gasteiger partial charge < -0.3 is 0 Å². The van der Waals surface area contributed by atoms with E-state index in [4.69, 9.17) is 19.1 Å². The van der Waals surface area contributed by atoms with Crippen LogP contribution in [0.3, 0.4) is 0 Å². The summed E-state index contributed by atoms with van der Waals surface area (Å²) in [4.78, 5) is 4.56. The van der Waals surface area contributed by atoms with Crippen LogP contribution in [0.15, 0.2) is 97.2 Å². The van der Waals surface area contributed by atoms with Gasteiger partial charge >= 0.3 is 35.0 Å². The minimum atomic E-state index is -0.441. The predicted octanol–water partition coefficient (Wildman–Crippen LogP) is 7.83. The van der Waals surface area contributed by atoms with Crippen LogP contribution in [0.4, 0.5) is 0 Å². The van der Waals surface area contributed by atoms with Crippen molar-refractivity contribution in [2.75, 3.05) is 0 Å². The molecule has 2 aromatic heterocycles. The Labute approximate surface area is 177 Å². The molecule has 4 rings (SSSR count). The summed E-state index contributed by atoms with van der Waals surface area (Å²) in [6.07, 6.45) is 2.87. The summed E-state index contributed by atoms with van der Waals surface area (Å²) >= 11 is -0.106. The first-order chi connectivity index (χ1) is 13.3. The van der Waals surface area contributed by atoms with Crippen molar-refractivity contribution in [2.45, 2.75) is 6.16 Å².